The van der Waals surface area contributed by atoms with E-state index in [2.05, 4.69) is 0 Å². The van der Waals surface area contributed by atoms with Gasteiger partial charge in [0, 0.05) is 16.5 Å². The van der Waals surface area contributed by atoms with Crippen LogP contribution in [0.3, 0.4) is 0 Å². The molecule has 0 unspecified atom stereocenters. The van der Waals surface area contributed by atoms with Crippen LogP contribution in [0.1, 0.15) is 5.56 Å². The summed E-state index contributed by atoms with van der Waals surface area (Å²) in [5.74, 6) is 0.234. The topological polar surface area (TPSA) is 20.2 Å². The van der Waals surface area contributed by atoms with Crippen LogP contribution in [0.2, 0.25) is 5.02 Å². The lowest BCUT2D eigenvalue weighted by Crippen LogP contribution is -2.11. The molecule has 0 fully saturated rings. The number of hydrogen-bond donors (Lipinski definition) is 1. The summed E-state index contributed by atoms with van der Waals surface area (Å²) in [6.07, 6.45) is 0.00322. The van der Waals surface area contributed by atoms with E-state index in [0.29, 0.717) is 11.4 Å². The van der Waals surface area contributed by atoms with Crippen LogP contribution in [-0.2, 0) is 6.42 Å². The fourth-order valence-corrected chi connectivity index (χ4v) is 2.29. The summed E-state index contributed by atoms with van der Waals surface area (Å²) in [4.78, 5) is 0. The second-order valence-electron chi connectivity index (χ2n) is 4.19. The van der Waals surface area contributed by atoms with Crippen molar-refractivity contribution in [1.82, 2.24) is 0 Å². The number of halogens is 2. The molecule has 1 atom stereocenters. The molecule has 2 aromatic carbocycles. The summed E-state index contributed by atoms with van der Waals surface area (Å²) >= 11 is 11.9. The monoisotopic (exact) mass is 280 g/mol. The molecule has 0 saturated carbocycles. The SMILES string of the molecule is O[C@H](CCl)Cc1ccc(-c2ccccc2)c(Cl)c1. The first-order valence-corrected chi connectivity index (χ1v) is 6.70. The minimum absolute atomic E-state index is 0.234. The number of aliphatic hydroxyl groups is 1. The van der Waals surface area contributed by atoms with Crippen LogP contribution in [0, 0.1) is 0 Å². The number of rotatable bonds is 4. The zero-order valence-electron chi connectivity index (χ0n) is 9.81. The van der Waals surface area contributed by atoms with Crippen molar-refractivity contribution in [2.75, 3.05) is 5.88 Å². The molecule has 0 aromatic heterocycles. The summed E-state index contributed by atoms with van der Waals surface area (Å²) in [6.45, 7) is 0. The maximum atomic E-state index is 9.51. The molecule has 0 aliphatic rings. The van der Waals surface area contributed by atoms with Gasteiger partial charge >= 0.3 is 0 Å². The molecule has 3 heteroatoms. The third-order valence-corrected chi connectivity index (χ3v) is 3.44. The molecule has 2 aromatic rings. The van der Waals surface area contributed by atoms with Crippen molar-refractivity contribution in [3.8, 4) is 11.1 Å². The standard InChI is InChI=1S/C15H14Cl2O/c16-10-13(18)8-11-6-7-14(15(17)9-11)12-4-2-1-3-5-12/h1-7,9,13,18H,8,10H2/t13-/m0/s1. The molecule has 1 nitrogen and oxygen atoms in total. The lowest BCUT2D eigenvalue weighted by Gasteiger charge is -2.10. The quantitative estimate of drug-likeness (QED) is 0.835. The van der Waals surface area contributed by atoms with E-state index in [4.69, 9.17) is 23.2 Å². The maximum Gasteiger partial charge on any atom is 0.0715 e. The van der Waals surface area contributed by atoms with Gasteiger partial charge < -0.3 is 5.11 Å². The van der Waals surface area contributed by atoms with Crippen molar-refractivity contribution in [2.24, 2.45) is 0 Å². The average Bonchev–Trinajstić information content (AvgIpc) is 2.40. The first-order valence-electron chi connectivity index (χ1n) is 5.78. The third-order valence-electron chi connectivity index (χ3n) is 2.77. The Bertz CT molecular complexity index is 511. The van der Waals surface area contributed by atoms with Crippen LogP contribution >= 0.6 is 23.2 Å². The molecule has 2 rings (SSSR count). The lowest BCUT2D eigenvalue weighted by atomic mass is 10.0. The highest BCUT2D eigenvalue weighted by atomic mass is 35.5. The number of hydrogen-bond acceptors (Lipinski definition) is 1. The van der Waals surface area contributed by atoms with Crippen molar-refractivity contribution < 1.29 is 5.11 Å². The molecule has 0 bridgehead atoms. The highest BCUT2D eigenvalue weighted by Crippen LogP contribution is 2.28. The largest absolute Gasteiger partial charge is 0.392 e. The molecular weight excluding hydrogens is 267 g/mol. The first-order chi connectivity index (χ1) is 8.70. The van der Waals surface area contributed by atoms with Gasteiger partial charge in [0.05, 0.1) is 6.10 Å². The Hall–Kier alpha value is -1.02. The minimum Gasteiger partial charge on any atom is -0.392 e. The van der Waals surface area contributed by atoms with Crippen molar-refractivity contribution in [3.05, 3.63) is 59.1 Å². The van der Waals surface area contributed by atoms with Gasteiger partial charge in [-0.15, -0.1) is 11.6 Å². The van der Waals surface area contributed by atoms with Gasteiger partial charge in [0.2, 0.25) is 0 Å². The normalized spacial score (nSPS) is 12.4. The van der Waals surface area contributed by atoms with Crippen LogP contribution in [0.4, 0.5) is 0 Å². The number of aliphatic hydroxyl groups excluding tert-OH is 1. The zero-order valence-corrected chi connectivity index (χ0v) is 11.3. The van der Waals surface area contributed by atoms with E-state index in [-0.39, 0.29) is 5.88 Å². The number of benzene rings is 2. The average molecular weight is 281 g/mol. The van der Waals surface area contributed by atoms with Gasteiger partial charge in [0.25, 0.3) is 0 Å². The highest BCUT2D eigenvalue weighted by molar-refractivity contribution is 6.33. The van der Waals surface area contributed by atoms with E-state index < -0.39 is 6.10 Å². The molecule has 18 heavy (non-hydrogen) atoms. The van der Waals surface area contributed by atoms with Gasteiger partial charge in [-0.25, -0.2) is 0 Å². The molecule has 0 spiro atoms. The molecule has 94 valence electrons. The van der Waals surface area contributed by atoms with Gasteiger partial charge in [-0.1, -0.05) is 54.1 Å². The Morgan fingerprint density at radius 1 is 1.06 bits per heavy atom. The van der Waals surface area contributed by atoms with E-state index in [1.165, 1.54) is 0 Å². The summed E-state index contributed by atoms with van der Waals surface area (Å²) in [5.41, 5.74) is 3.08. The van der Waals surface area contributed by atoms with Crippen molar-refractivity contribution in [1.29, 1.82) is 0 Å². The summed E-state index contributed by atoms with van der Waals surface area (Å²) < 4.78 is 0. The minimum atomic E-state index is -0.523. The van der Waals surface area contributed by atoms with E-state index in [1.54, 1.807) is 0 Å². The summed E-state index contributed by atoms with van der Waals surface area (Å²) in [6, 6.07) is 15.8. The fraction of sp³-hybridized carbons (Fsp3) is 0.200. The molecular formula is C15H14Cl2O. The zero-order chi connectivity index (χ0) is 13.0. The second-order valence-corrected chi connectivity index (χ2v) is 4.91. The van der Waals surface area contributed by atoms with Gasteiger partial charge in [-0.2, -0.15) is 0 Å². The molecule has 1 N–H and O–H groups in total. The van der Waals surface area contributed by atoms with Crippen LogP contribution < -0.4 is 0 Å². The summed E-state index contributed by atoms with van der Waals surface area (Å²) in [5, 5.41) is 10.2. The van der Waals surface area contributed by atoms with Crippen LogP contribution in [0.15, 0.2) is 48.5 Å². The van der Waals surface area contributed by atoms with E-state index in [0.717, 1.165) is 16.7 Å². The van der Waals surface area contributed by atoms with Gasteiger partial charge in [0.1, 0.15) is 0 Å². The molecule has 0 aliphatic carbocycles. The Balaban J connectivity index is 2.26. The molecule has 0 saturated heterocycles. The highest BCUT2D eigenvalue weighted by Gasteiger charge is 2.07. The van der Waals surface area contributed by atoms with E-state index in [9.17, 15) is 5.11 Å². The van der Waals surface area contributed by atoms with Crippen molar-refractivity contribution in [3.63, 3.8) is 0 Å². The number of alkyl halides is 1. The summed E-state index contributed by atoms with van der Waals surface area (Å²) in [7, 11) is 0. The molecule has 0 amide bonds. The smallest absolute Gasteiger partial charge is 0.0715 e. The molecule has 0 aliphatic heterocycles. The van der Waals surface area contributed by atoms with Gasteiger partial charge in [-0.3, -0.25) is 0 Å². The fourth-order valence-electron chi connectivity index (χ4n) is 1.86. The Labute approximate surface area is 117 Å². The van der Waals surface area contributed by atoms with Gasteiger partial charge in [0.15, 0.2) is 0 Å². The maximum absolute atomic E-state index is 9.51. The Morgan fingerprint density at radius 2 is 1.78 bits per heavy atom. The van der Waals surface area contributed by atoms with Crippen LogP contribution in [0.5, 0.6) is 0 Å². The van der Waals surface area contributed by atoms with Crippen molar-refractivity contribution in [2.45, 2.75) is 12.5 Å². The Morgan fingerprint density at radius 3 is 2.39 bits per heavy atom. The lowest BCUT2D eigenvalue weighted by molar-refractivity contribution is 0.199. The third kappa shape index (κ3) is 3.26. The molecule has 0 heterocycles. The predicted octanol–water partition coefficient (Wildman–Crippen LogP) is 4.15. The van der Waals surface area contributed by atoms with Gasteiger partial charge in [-0.05, 0) is 23.6 Å². The van der Waals surface area contributed by atoms with Crippen LogP contribution in [-0.4, -0.2) is 17.1 Å². The second kappa shape index (κ2) is 6.24. The Kier molecular flexibility index (Phi) is 4.65. The van der Waals surface area contributed by atoms with Crippen molar-refractivity contribution >= 4 is 23.2 Å². The van der Waals surface area contributed by atoms with E-state index >= 15 is 0 Å². The van der Waals surface area contributed by atoms with E-state index in [1.807, 2.05) is 48.5 Å². The van der Waals surface area contributed by atoms with Crippen LogP contribution in [0.25, 0.3) is 11.1 Å². The predicted molar refractivity (Wildman–Crippen MR) is 77.3 cm³/mol. The first kappa shape index (κ1) is 13.4. The molecule has 0 radical (unpaired) electrons.